The quantitative estimate of drug-likeness (QED) is 0.556. The Morgan fingerprint density at radius 2 is 2.46 bits per heavy atom. The van der Waals surface area contributed by atoms with Crippen molar-refractivity contribution in [1.82, 2.24) is 15.2 Å². The predicted octanol–water partition coefficient (Wildman–Crippen LogP) is 1.44. The number of aromatic nitrogens is 3. The van der Waals surface area contributed by atoms with Crippen LogP contribution >= 0.6 is 11.8 Å². The minimum absolute atomic E-state index is 0.422. The van der Waals surface area contributed by atoms with Crippen LogP contribution < -0.4 is 0 Å². The van der Waals surface area contributed by atoms with Gasteiger partial charge in [0, 0.05) is 6.42 Å². The number of hydrogen-bond donors (Lipinski definition) is 1. The Kier molecular flexibility index (Phi) is 4.53. The van der Waals surface area contributed by atoms with Crippen LogP contribution in [0.25, 0.3) is 0 Å². The molecule has 0 unspecified atom stereocenters. The van der Waals surface area contributed by atoms with Gasteiger partial charge in [-0.2, -0.15) is 0 Å². The molecule has 13 heavy (non-hydrogen) atoms. The molecule has 1 N–H and O–H groups in total. The van der Waals surface area contributed by atoms with Gasteiger partial charge in [0.1, 0.15) is 12.1 Å². The Labute approximate surface area is 81.5 Å². The van der Waals surface area contributed by atoms with E-state index < -0.39 is 0 Å². The van der Waals surface area contributed by atoms with Gasteiger partial charge < -0.3 is 4.79 Å². The molecular formula is C8H13N3OS. The molecule has 0 aliphatic carbocycles. The number of aryl methyl sites for hydroxylation is 1. The first-order valence-electron chi connectivity index (χ1n) is 4.34. The van der Waals surface area contributed by atoms with E-state index in [1.807, 2.05) is 0 Å². The average molecular weight is 199 g/mol. The number of carbonyl (C=O) groups is 1. The second-order valence-electron chi connectivity index (χ2n) is 2.65. The smallest absolute Gasteiger partial charge is 0.208 e. The van der Waals surface area contributed by atoms with Crippen molar-refractivity contribution < 1.29 is 4.79 Å². The first kappa shape index (κ1) is 10.2. The van der Waals surface area contributed by atoms with Crippen LogP contribution in [0.2, 0.25) is 0 Å². The molecule has 0 radical (unpaired) electrons. The van der Waals surface area contributed by atoms with E-state index in [1.54, 1.807) is 0 Å². The van der Waals surface area contributed by atoms with Gasteiger partial charge >= 0.3 is 0 Å². The Morgan fingerprint density at radius 3 is 3.15 bits per heavy atom. The van der Waals surface area contributed by atoms with Crippen molar-refractivity contribution in [1.29, 1.82) is 0 Å². The molecule has 4 nitrogen and oxygen atoms in total. The van der Waals surface area contributed by atoms with Crippen LogP contribution in [0.4, 0.5) is 0 Å². The summed E-state index contributed by atoms with van der Waals surface area (Å²) in [6.07, 6.45) is 4.06. The summed E-state index contributed by atoms with van der Waals surface area (Å²) in [6, 6.07) is 0. The van der Waals surface area contributed by atoms with Crippen LogP contribution in [0.5, 0.6) is 0 Å². The van der Waals surface area contributed by atoms with Gasteiger partial charge in [0.05, 0.1) is 5.75 Å². The Bertz CT molecular complexity index is 262. The van der Waals surface area contributed by atoms with Crippen molar-refractivity contribution in [3.63, 3.8) is 0 Å². The van der Waals surface area contributed by atoms with Gasteiger partial charge in [-0.3, -0.25) is 5.10 Å². The van der Waals surface area contributed by atoms with E-state index in [9.17, 15) is 4.79 Å². The highest BCUT2D eigenvalue weighted by Gasteiger charge is 2.01. The number of rotatable bonds is 6. The predicted molar refractivity (Wildman–Crippen MR) is 51.8 cm³/mol. The molecule has 1 heterocycles. The van der Waals surface area contributed by atoms with E-state index in [-0.39, 0.29) is 0 Å². The van der Waals surface area contributed by atoms with E-state index in [1.165, 1.54) is 11.8 Å². The van der Waals surface area contributed by atoms with E-state index in [0.29, 0.717) is 10.9 Å². The summed E-state index contributed by atoms with van der Waals surface area (Å²) >= 11 is 1.35. The number of carbonyl (C=O) groups excluding carboxylic acids is 1. The average Bonchev–Trinajstić information content (AvgIpc) is 2.59. The van der Waals surface area contributed by atoms with Gasteiger partial charge in [0.15, 0.2) is 0 Å². The number of hydrogen-bond acceptors (Lipinski definition) is 4. The number of thioether (sulfide) groups is 1. The van der Waals surface area contributed by atoms with Gasteiger partial charge in [-0.05, 0) is 6.42 Å². The van der Waals surface area contributed by atoms with Gasteiger partial charge in [-0.25, -0.2) is 4.98 Å². The van der Waals surface area contributed by atoms with E-state index in [2.05, 4.69) is 22.1 Å². The molecule has 1 aromatic heterocycles. The number of H-pyrrole nitrogens is 1. The van der Waals surface area contributed by atoms with E-state index in [0.717, 1.165) is 31.4 Å². The first-order valence-corrected chi connectivity index (χ1v) is 5.33. The zero-order valence-corrected chi connectivity index (χ0v) is 8.43. The molecule has 0 spiro atoms. The molecule has 0 atom stereocenters. The summed E-state index contributed by atoms with van der Waals surface area (Å²) in [5.74, 6) is 1.33. The number of nitrogens with zero attached hydrogens (tertiary/aromatic N) is 2. The van der Waals surface area contributed by atoms with Crippen molar-refractivity contribution >= 4 is 18.0 Å². The lowest BCUT2D eigenvalue weighted by Gasteiger charge is -1.90. The van der Waals surface area contributed by atoms with E-state index >= 15 is 0 Å². The van der Waals surface area contributed by atoms with Crippen LogP contribution in [0.3, 0.4) is 0 Å². The molecule has 0 bridgehead atoms. The summed E-state index contributed by atoms with van der Waals surface area (Å²) in [7, 11) is 0. The van der Waals surface area contributed by atoms with Crippen molar-refractivity contribution in [2.75, 3.05) is 5.75 Å². The van der Waals surface area contributed by atoms with Crippen LogP contribution in [0.1, 0.15) is 25.6 Å². The third-order valence-corrected chi connectivity index (χ3v) is 2.30. The maximum atomic E-state index is 10.1. The number of nitrogens with one attached hydrogen (secondary N) is 1. The normalized spacial score (nSPS) is 10.2. The van der Waals surface area contributed by atoms with Crippen molar-refractivity contribution in [2.45, 2.75) is 31.3 Å². The lowest BCUT2D eigenvalue weighted by atomic mass is 10.2. The number of aldehydes is 1. The highest BCUT2D eigenvalue weighted by molar-refractivity contribution is 7.99. The molecule has 0 saturated carbocycles. The molecular weight excluding hydrogens is 186 g/mol. The van der Waals surface area contributed by atoms with Crippen molar-refractivity contribution in [2.24, 2.45) is 0 Å². The van der Waals surface area contributed by atoms with Crippen LogP contribution in [0.15, 0.2) is 5.16 Å². The minimum atomic E-state index is 0.422. The molecule has 72 valence electrons. The minimum Gasteiger partial charge on any atom is -0.302 e. The molecule has 5 heteroatoms. The monoisotopic (exact) mass is 199 g/mol. The summed E-state index contributed by atoms with van der Waals surface area (Å²) in [4.78, 5) is 14.3. The zero-order valence-electron chi connectivity index (χ0n) is 7.62. The van der Waals surface area contributed by atoms with Crippen LogP contribution in [0, 0.1) is 0 Å². The van der Waals surface area contributed by atoms with Crippen molar-refractivity contribution in [3.8, 4) is 0 Å². The Balaban J connectivity index is 2.38. The van der Waals surface area contributed by atoms with Crippen molar-refractivity contribution in [3.05, 3.63) is 5.82 Å². The summed E-state index contributed by atoms with van der Waals surface area (Å²) in [5, 5.41) is 7.49. The molecule has 0 fully saturated rings. The molecule has 1 rings (SSSR count). The van der Waals surface area contributed by atoms with Gasteiger partial charge in [0.25, 0.3) is 0 Å². The zero-order chi connectivity index (χ0) is 9.52. The fraction of sp³-hybridized carbons (Fsp3) is 0.625. The summed E-state index contributed by atoms with van der Waals surface area (Å²) < 4.78 is 0. The lowest BCUT2D eigenvalue weighted by Crippen LogP contribution is -1.87. The SMILES string of the molecule is CCCCc1nc(SCC=O)n[nH]1. The molecule has 0 amide bonds. The molecule has 1 aromatic rings. The van der Waals surface area contributed by atoms with Crippen LogP contribution in [-0.2, 0) is 11.2 Å². The topological polar surface area (TPSA) is 58.6 Å². The Morgan fingerprint density at radius 1 is 1.62 bits per heavy atom. The second-order valence-corrected chi connectivity index (χ2v) is 3.63. The third kappa shape index (κ3) is 3.59. The number of unbranched alkanes of at least 4 members (excludes halogenated alkanes) is 1. The summed E-state index contributed by atoms with van der Waals surface area (Å²) in [5.41, 5.74) is 0. The van der Waals surface area contributed by atoms with Gasteiger partial charge in [0.2, 0.25) is 5.16 Å². The van der Waals surface area contributed by atoms with E-state index in [4.69, 9.17) is 0 Å². The fourth-order valence-electron chi connectivity index (χ4n) is 0.907. The summed E-state index contributed by atoms with van der Waals surface area (Å²) in [6.45, 7) is 2.14. The fourth-order valence-corrected chi connectivity index (χ4v) is 1.41. The molecule has 0 saturated heterocycles. The maximum Gasteiger partial charge on any atom is 0.208 e. The highest BCUT2D eigenvalue weighted by Crippen LogP contribution is 2.11. The second kappa shape index (κ2) is 5.75. The molecule has 0 aromatic carbocycles. The van der Waals surface area contributed by atoms with Crippen LogP contribution in [-0.4, -0.2) is 27.2 Å². The molecule has 0 aliphatic heterocycles. The Hall–Kier alpha value is -0.840. The lowest BCUT2D eigenvalue weighted by molar-refractivity contribution is -0.105. The third-order valence-electron chi connectivity index (χ3n) is 1.56. The largest absolute Gasteiger partial charge is 0.302 e. The number of aromatic amines is 1. The van der Waals surface area contributed by atoms with Gasteiger partial charge in [-0.15, -0.1) is 5.10 Å². The molecule has 0 aliphatic rings. The first-order chi connectivity index (χ1) is 6.36. The standard InChI is InChI=1S/C8H13N3OS/c1-2-3-4-7-9-8(11-10-7)13-6-5-12/h5H,2-4,6H2,1H3,(H,9,10,11). The highest BCUT2D eigenvalue weighted by atomic mass is 32.2. The van der Waals surface area contributed by atoms with Gasteiger partial charge in [-0.1, -0.05) is 25.1 Å². The maximum absolute atomic E-state index is 10.1.